The number of methoxy groups -OCH3 is 1. The van der Waals surface area contributed by atoms with Crippen LogP contribution in [-0.2, 0) is 16.1 Å². The highest BCUT2D eigenvalue weighted by Gasteiger charge is 2.21. The Morgan fingerprint density at radius 3 is 2.68 bits per heavy atom. The minimum atomic E-state index is -0.536. The van der Waals surface area contributed by atoms with Crippen molar-refractivity contribution in [1.29, 1.82) is 0 Å². The van der Waals surface area contributed by atoms with E-state index in [2.05, 4.69) is 10.1 Å². The first kappa shape index (κ1) is 17.2. The van der Waals surface area contributed by atoms with Crippen LogP contribution in [0, 0.1) is 0 Å². The monoisotopic (exact) mass is 360 g/mol. The maximum absolute atomic E-state index is 12.0. The molecule has 0 aliphatic carbocycles. The molecular weight excluding hydrogens is 344 g/mol. The summed E-state index contributed by atoms with van der Waals surface area (Å²) in [7, 11) is 1.58. The third kappa shape index (κ3) is 3.16. The van der Waals surface area contributed by atoms with Gasteiger partial charge in [0, 0.05) is 18.3 Å². The smallest absolute Gasteiger partial charge is 0.343 e. The third-order valence-electron chi connectivity index (χ3n) is 3.66. The first-order valence-corrected chi connectivity index (χ1v) is 8.02. The Morgan fingerprint density at radius 1 is 1.32 bits per heavy atom. The summed E-state index contributed by atoms with van der Waals surface area (Å²) in [4.78, 5) is 16.4. The molecule has 0 saturated carbocycles. The lowest BCUT2D eigenvalue weighted by Crippen LogP contribution is -2.12. The molecule has 8 heteroatoms. The second-order valence-electron chi connectivity index (χ2n) is 5.27. The fraction of sp³-hybridized carbons (Fsp3) is 0.235. The van der Waals surface area contributed by atoms with Crippen LogP contribution in [-0.4, -0.2) is 34.3 Å². The van der Waals surface area contributed by atoms with E-state index in [1.807, 2.05) is 12.1 Å². The molecule has 0 unspecified atom stereocenters. The molecule has 0 aliphatic rings. The van der Waals surface area contributed by atoms with Gasteiger partial charge in [-0.25, -0.2) is 9.78 Å². The summed E-state index contributed by atoms with van der Waals surface area (Å²) in [6.45, 7) is 2.25. The SMILES string of the molecule is CCOC(=O)c1cnc2c(-c3ccc(Cl)cc3)c(COC)nn2c1N. The lowest BCUT2D eigenvalue weighted by Gasteiger charge is -2.07. The fourth-order valence-electron chi connectivity index (χ4n) is 2.56. The molecule has 7 nitrogen and oxygen atoms in total. The highest BCUT2D eigenvalue weighted by molar-refractivity contribution is 6.30. The lowest BCUT2D eigenvalue weighted by molar-refractivity contribution is 0.0526. The number of carbonyl (C=O) groups excluding carboxylic acids is 1. The quantitative estimate of drug-likeness (QED) is 0.703. The summed E-state index contributed by atoms with van der Waals surface area (Å²) in [5.41, 5.74) is 9.14. The van der Waals surface area contributed by atoms with Crippen molar-refractivity contribution in [2.45, 2.75) is 13.5 Å². The van der Waals surface area contributed by atoms with Gasteiger partial charge in [-0.1, -0.05) is 23.7 Å². The van der Waals surface area contributed by atoms with Gasteiger partial charge in [-0.15, -0.1) is 0 Å². The number of aromatic nitrogens is 3. The number of nitrogen functional groups attached to an aromatic ring is 1. The van der Waals surface area contributed by atoms with Crippen molar-refractivity contribution in [3.8, 4) is 11.1 Å². The predicted octanol–water partition coefficient (Wildman–Crippen LogP) is 2.96. The van der Waals surface area contributed by atoms with E-state index in [0.29, 0.717) is 16.4 Å². The summed E-state index contributed by atoms with van der Waals surface area (Å²) in [6.07, 6.45) is 1.40. The normalized spacial score (nSPS) is 11.0. The van der Waals surface area contributed by atoms with Crippen molar-refractivity contribution in [2.75, 3.05) is 19.5 Å². The van der Waals surface area contributed by atoms with Gasteiger partial charge in [-0.05, 0) is 24.6 Å². The first-order chi connectivity index (χ1) is 12.1. The maximum atomic E-state index is 12.0. The van der Waals surface area contributed by atoms with E-state index < -0.39 is 5.97 Å². The minimum Gasteiger partial charge on any atom is -0.462 e. The van der Waals surface area contributed by atoms with E-state index in [-0.39, 0.29) is 24.6 Å². The Labute approximate surface area is 149 Å². The van der Waals surface area contributed by atoms with Crippen molar-refractivity contribution in [3.05, 3.63) is 46.7 Å². The molecule has 2 aromatic heterocycles. The summed E-state index contributed by atoms with van der Waals surface area (Å²) >= 11 is 5.97. The average Bonchev–Trinajstić information content (AvgIpc) is 2.96. The van der Waals surface area contributed by atoms with Gasteiger partial charge in [-0.2, -0.15) is 9.61 Å². The largest absolute Gasteiger partial charge is 0.462 e. The number of fused-ring (bicyclic) bond motifs is 1. The highest BCUT2D eigenvalue weighted by atomic mass is 35.5. The van der Waals surface area contributed by atoms with Gasteiger partial charge in [0.2, 0.25) is 0 Å². The van der Waals surface area contributed by atoms with Gasteiger partial charge in [0.25, 0.3) is 0 Å². The van der Waals surface area contributed by atoms with Crippen molar-refractivity contribution in [3.63, 3.8) is 0 Å². The summed E-state index contributed by atoms with van der Waals surface area (Å²) in [6, 6.07) is 7.31. The molecule has 0 fully saturated rings. The van der Waals surface area contributed by atoms with E-state index in [9.17, 15) is 4.79 Å². The van der Waals surface area contributed by atoms with Crippen molar-refractivity contribution in [1.82, 2.24) is 14.6 Å². The highest BCUT2D eigenvalue weighted by Crippen LogP contribution is 2.30. The van der Waals surface area contributed by atoms with Gasteiger partial charge < -0.3 is 15.2 Å². The van der Waals surface area contributed by atoms with Crippen LogP contribution in [0.15, 0.2) is 30.5 Å². The Bertz CT molecular complexity index is 922. The van der Waals surface area contributed by atoms with Gasteiger partial charge in [0.05, 0.1) is 24.5 Å². The number of nitrogens with zero attached hydrogens (tertiary/aromatic N) is 3. The van der Waals surface area contributed by atoms with Gasteiger partial charge >= 0.3 is 5.97 Å². The number of nitrogens with two attached hydrogens (primary N) is 1. The molecule has 3 aromatic rings. The molecule has 0 amide bonds. The van der Waals surface area contributed by atoms with E-state index in [1.54, 1.807) is 26.2 Å². The molecule has 2 N–H and O–H groups in total. The van der Waals surface area contributed by atoms with E-state index in [1.165, 1.54) is 10.7 Å². The molecule has 0 spiro atoms. The predicted molar refractivity (Wildman–Crippen MR) is 94.5 cm³/mol. The molecule has 0 radical (unpaired) electrons. The zero-order valence-corrected chi connectivity index (χ0v) is 14.6. The average molecular weight is 361 g/mol. The molecular formula is C17H17ClN4O3. The fourth-order valence-corrected chi connectivity index (χ4v) is 2.69. The van der Waals surface area contributed by atoms with Crippen molar-refractivity contribution in [2.24, 2.45) is 0 Å². The molecule has 25 heavy (non-hydrogen) atoms. The minimum absolute atomic E-state index is 0.168. The summed E-state index contributed by atoms with van der Waals surface area (Å²) < 4.78 is 11.7. The topological polar surface area (TPSA) is 91.7 Å². The lowest BCUT2D eigenvalue weighted by atomic mass is 10.1. The molecule has 3 rings (SSSR count). The molecule has 130 valence electrons. The third-order valence-corrected chi connectivity index (χ3v) is 3.91. The van der Waals surface area contributed by atoms with Crippen LogP contribution in [0.3, 0.4) is 0 Å². The van der Waals surface area contributed by atoms with Gasteiger partial charge in [0.1, 0.15) is 11.4 Å². The number of carbonyl (C=O) groups is 1. The number of benzene rings is 1. The molecule has 0 aliphatic heterocycles. The molecule has 0 atom stereocenters. The number of esters is 1. The van der Waals surface area contributed by atoms with Gasteiger partial charge in [0.15, 0.2) is 5.65 Å². The Hall–Kier alpha value is -2.64. The zero-order chi connectivity index (χ0) is 18.0. The van der Waals surface area contributed by atoms with Crippen LogP contribution >= 0.6 is 11.6 Å². The van der Waals surface area contributed by atoms with E-state index in [4.69, 9.17) is 26.8 Å². The number of hydrogen-bond donors (Lipinski definition) is 1. The van der Waals surface area contributed by atoms with Crippen LogP contribution in [0.5, 0.6) is 0 Å². The van der Waals surface area contributed by atoms with Crippen molar-refractivity contribution >= 4 is 29.0 Å². The first-order valence-electron chi connectivity index (χ1n) is 7.64. The molecule has 1 aromatic carbocycles. The molecule has 0 saturated heterocycles. The van der Waals surface area contributed by atoms with Crippen molar-refractivity contribution < 1.29 is 14.3 Å². The molecule has 2 heterocycles. The number of hydrogen-bond acceptors (Lipinski definition) is 6. The maximum Gasteiger partial charge on any atom is 0.343 e. The van der Waals surface area contributed by atoms with Crippen LogP contribution < -0.4 is 5.73 Å². The summed E-state index contributed by atoms with van der Waals surface area (Å²) in [5, 5.41) is 5.10. The number of halogens is 1. The van der Waals surface area contributed by atoms with Crippen LogP contribution in [0.4, 0.5) is 5.82 Å². The zero-order valence-electron chi connectivity index (χ0n) is 13.8. The van der Waals surface area contributed by atoms with Gasteiger partial charge in [-0.3, -0.25) is 0 Å². The second kappa shape index (κ2) is 7.08. The number of rotatable bonds is 5. The van der Waals surface area contributed by atoms with E-state index >= 15 is 0 Å². The Morgan fingerprint density at radius 2 is 2.04 bits per heavy atom. The Balaban J connectivity index is 2.22. The van der Waals surface area contributed by atoms with Crippen LogP contribution in [0.1, 0.15) is 23.0 Å². The van der Waals surface area contributed by atoms with E-state index in [0.717, 1.165) is 11.1 Å². The molecule has 0 bridgehead atoms. The number of anilines is 1. The number of ether oxygens (including phenoxy) is 2. The van der Waals surface area contributed by atoms with Crippen LogP contribution in [0.25, 0.3) is 16.8 Å². The standard InChI is InChI=1S/C17H17ClN4O3/c1-3-25-17(23)12-8-20-16-14(10-4-6-11(18)7-5-10)13(9-24-2)21-22(16)15(12)19/h4-8H,3,9,19H2,1-2H3. The van der Waals surface area contributed by atoms with Crippen LogP contribution in [0.2, 0.25) is 5.02 Å². The summed E-state index contributed by atoms with van der Waals surface area (Å²) in [5.74, 6) is -0.368. The second-order valence-corrected chi connectivity index (χ2v) is 5.71. The Kier molecular flexibility index (Phi) is 4.87.